The normalized spacial score (nSPS) is 18.3. The van der Waals surface area contributed by atoms with E-state index in [0.717, 1.165) is 94.1 Å². The molecule has 0 saturated carbocycles. The number of hydrogen-bond donors (Lipinski definition) is 3. The van der Waals surface area contributed by atoms with Gasteiger partial charge in [0, 0.05) is 80.1 Å². The lowest BCUT2D eigenvalue weighted by molar-refractivity contribution is -0.136. The number of carbonyl (C=O) groups is 5. The molecule has 5 heterocycles. The number of thioether (sulfide) groups is 1. The van der Waals surface area contributed by atoms with Crippen molar-refractivity contribution in [3.63, 3.8) is 0 Å². The van der Waals surface area contributed by atoms with Crippen molar-refractivity contribution in [2.45, 2.75) is 74.8 Å². The molecule has 0 aliphatic carbocycles. The molecule has 3 N–H and O–H groups in total. The zero-order valence-electron chi connectivity index (χ0n) is 38.1. The molecule has 8 rings (SSSR count). The van der Waals surface area contributed by atoms with E-state index in [4.69, 9.17) is 16.3 Å². The van der Waals surface area contributed by atoms with Gasteiger partial charge in [0.2, 0.25) is 23.7 Å². The number of nitrogens with one attached hydrogen (secondary N) is 3. The van der Waals surface area contributed by atoms with E-state index in [1.165, 1.54) is 18.0 Å². The van der Waals surface area contributed by atoms with Crippen LogP contribution in [0.15, 0.2) is 71.8 Å². The third-order valence-corrected chi connectivity index (χ3v) is 15.9. The van der Waals surface area contributed by atoms with E-state index < -0.39 is 36.8 Å². The van der Waals surface area contributed by atoms with Gasteiger partial charge in [-0.15, -0.1) is 11.8 Å². The molecule has 4 aliphatic heterocycles. The summed E-state index contributed by atoms with van der Waals surface area (Å²) in [6, 6.07) is 18.2. The Hall–Kier alpha value is -5.48. The number of methoxy groups -OCH3 is 1. The summed E-state index contributed by atoms with van der Waals surface area (Å²) in [5.41, 5.74) is 3.08. The monoisotopic (exact) mass is 969 g/mol. The highest BCUT2D eigenvalue weighted by atomic mass is 35.5. The van der Waals surface area contributed by atoms with Crippen LogP contribution in [-0.4, -0.2) is 132 Å². The molecule has 16 nitrogen and oxygen atoms in total. The van der Waals surface area contributed by atoms with Crippen LogP contribution >= 0.6 is 30.5 Å². The molecule has 354 valence electrons. The number of halogens is 1. The Morgan fingerprint density at radius 2 is 1.64 bits per heavy atom. The van der Waals surface area contributed by atoms with Crippen LogP contribution in [0.2, 0.25) is 5.02 Å². The van der Waals surface area contributed by atoms with E-state index in [0.29, 0.717) is 67.7 Å². The van der Waals surface area contributed by atoms with Crippen LogP contribution in [0.5, 0.6) is 5.75 Å². The maximum atomic E-state index is 13.4. The third kappa shape index (κ3) is 11.1. The summed E-state index contributed by atoms with van der Waals surface area (Å²) in [5, 5.41) is 9.79. The lowest BCUT2D eigenvalue weighted by atomic mass is 10.0. The lowest BCUT2D eigenvalue weighted by Gasteiger charge is -2.43. The summed E-state index contributed by atoms with van der Waals surface area (Å²) in [5.74, 6) is 0.345. The van der Waals surface area contributed by atoms with Crippen molar-refractivity contribution in [2.24, 2.45) is 0 Å². The third-order valence-electron chi connectivity index (χ3n) is 12.9. The first-order chi connectivity index (χ1) is 32.3. The van der Waals surface area contributed by atoms with Gasteiger partial charge in [-0.2, -0.15) is 4.98 Å². The number of aromatic nitrogens is 2. The number of unbranched alkanes of at least 4 members (excludes halogenated alkanes) is 3. The first-order valence-electron chi connectivity index (χ1n) is 22.9. The Labute approximate surface area is 400 Å². The molecule has 3 saturated heterocycles. The zero-order valence-corrected chi connectivity index (χ0v) is 40.6. The smallest absolute Gasteiger partial charge is 0.263 e. The van der Waals surface area contributed by atoms with Crippen LogP contribution in [-0.2, 0) is 18.9 Å². The number of para-hydroxylation sites is 1. The Bertz CT molecular complexity index is 2580. The summed E-state index contributed by atoms with van der Waals surface area (Å²) in [4.78, 5) is 81.5. The second-order valence-electron chi connectivity index (χ2n) is 17.7. The van der Waals surface area contributed by atoms with Crippen LogP contribution in [0.4, 0.5) is 28.8 Å². The Balaban J connectivity index is 0.735. The molecule has 0 spiro atoms. The molecule has 67 heavy (non-hydrogen) atoms. The van der Waals surface area contributed by atoms with Gasteiger partial charge in [-0.05, 0) is 87.6 Å². The first-order valence-corrected chi connectivity index (χ1v) is 26.9. The Morgan fingerprint density at radius 1 is 0.881 bits per heavy atom. The molecule has 0 bridgehead atoms. The van der Waals surface area contributed by atoms with Gasteiger partial charge in [0.25, 0.3) is 11.8 Å². The molecule has 1 atom stereocenters. The fraction of sp³-hybridized carbons (Fsp3) is 0.438. The summed E-state index contributed by atoms with van der Waals surface area (Å²) < 4.78 is 18.7. The number of piperidine rings is 2. The van der Waals surface area contributed by atoms with Gasteiger partial charge in [-0.3, -0.25) is 39.1 Å². The molecule has 19 heteroatoms. The minimum atomic E-state index is -2.56. The minimum Gasteiger partial charge on any atom is -0.494 e. The van der Waals surface area contributed by atoms with Gasteiger partial charge in [0.15, 0.2) is 5.82 Å². The van der Waals surface area contributed by atoms with E-state index in [2.05, 4.69) is 41.8 Å². The fourth-order valence-electron chi connectivity index (χ4n) is 9.29. The number of piperazine rings is 1. The number of ether oxygens (including phenoxy) is 1. The number of amides is 5. The molecule has 3 fully saturated rings. The molecule has 4 aliphatic rings. The van der Waals surface area contributed by atoms with Crippen LogP contribution in [0.1, 0.15) is 78.5 Å². The molecule has 0 radical (unpaired) electrons. The zero-order chi connectivity index (χ0) is 47.2. The highest BCUT2D eigenvalue weighted by Crippen LogP contribution is 2.40. The maximum Gasteiger partial charge on any atom is 0.263 e. The first kappa shape index (κ1) is 48.0. The number of rotatable bonds is 17. The van der Waals surface area contributed by atoms with Crippen molar-refractivity contribution < 1.29 is 33.3 Å². The summed E-state index contributed by atoms with van der Waals surface area (Å²) in [6.45, 7) is 8.50. The average Bonchev–Trinajstić information content (AvgIpc) is 3.58. The topological polar surface area (TPSA) is 186 Å². The maximum absolute atomic E-state index is 13.4. The van der Waals surface area contributed by atoms with Crippen LogP contribution in [0.3, 0.4) is 0 Å². The standard InChI is InChI=1S/C48H57ClN9O7PS/c1-65-38-29-32(16-17-35(38)52-48-50-30-34(49)44(54-48)51-36-12-7-8-13-39(36)66(2,3)64)55-22-20-31(21-23-55)56-24-26-57(27-25-56)42(60)15-6-4-5-9-28-67-40-14-10-11-33-43(40)47(63)58(46(33)62)37-18-19-41(59)53-45(37)61/h7-8,10-14,16-17,29-31,37H,4-6,9,15,18-28H2,1-3H3,(H,53,59,61)(H2,50,51,52,54). The number of hydrogen-bond acceptors (Lipinski definition) is 14. The van der Waals surface area contributed by atoms with Crippen LogP contribution < -0.4 is 30.9 Å². The number of nitrogens with zero attached hydrogens (tertiary/aromatic N) is 6. The van der Waals surface area contributed by atoms with Crippen LogP contribution in [0.25, 0.3) is 0 Å². The van der Waals surface area contributed by atoms with E-state index in [9.17, 15) is 28.5 Å². The van der Waals surface area contributed by atoms with Crippen molar-refractivity contribution in [3.8, 4) is 5.75 Å². The quantitative estimate of drug-likeness (QED) is 0.0420. The number of fused-ring (bicyclic) bond motifs is 1. The van der Waals surface area contributed by atoms with Crippen molar-refractivity contribution in [2.75, 3.05) is 81.0 Å². The van der Waals surface area contributed by atoms with E-state index >= 15 is 0 Å². The SMILES string of the molecule is COc1cc(N2CCC(N3CCN(C(=O)CCCCCCSc4cccc5c4C(=O)N(C4CCC(=O)NC4=O)C5=O)CC3)CC2)ccc1Nc1ncc(Cl)c(Nc2ccccc2P(C)(C)=O)n1. The highest BCUT2D eigenvalue weighted by molar-refractivity contribution is 7.99. The molecule has 5 amide bonds. The van der Waals surface area contributed by atoms with Gasteiger partial charge in [0.05, 0.1) is 35.8 Å². The molecular formula is C48H57ClN9O7PS. The van der Waals surface area contributed by atoms with Gasteiger partial charge in [-0.25, -0.2) is 4.98 Å². The van der Waals surface area contributed by atoms with Gasteiger partial charge in [0.1, 0.15) is 24.0 Å². The number of anilines is 5. The van der Waals surface area contributed by atoms with Gasteiger partial charge < -0.3 is 29.7 Å². The fourth-order valence-corrected chi connectivity index (χ4v) is 11.7. The van der Waals surface area contributed by atoms with Crippen LogP contribution in [0, 0.1) is 0 Å². The largest absolute Gasteiger partial charge is 0.494 e. The summed E-state index contributed by atoms with van der Waals surface area (Å²) in [6.07, 6.45) is 7.92. The van der Waals surface area contributed by atoms with Gasteiger partial charge in [-0.1, -0.05) is 42.6 Å². The van der Waals surface area contributed by atoms with Gasteiger partial charge >= 0.3 is 0 Å². The molecule has 1 aromatic heterocycles. The molecular weight excluding hydrogens is 913 g/mol. The van der Waals surface area contributed by atoms with E-state index in [1.54, 1.807) is 32.6 Å². The predicted octanol–water partition coefficient (Wildman–Crippen LogP) is 7.13. The lowest BCUT2D eigenvalue weighted by Crippen LogP contribution is -2.54. The summed E-state index contributed by atoms with van der Waals surface area (Å²) >= 11 is 8.01. The number of carbonyl (C=O) groups excluding carboxylic acids is 5. The Morgan fingerprint density at radius 3 is 2.39 bits per heavy atom. The molecule has 3 aromatic carbocycles. The van der Waals surface area contributed by atoms with E-state index in [1.807, 2.05) is 47.4 Å². The number of imide groups is 2. The van der Waals surface area contributed by atoms with Crippen molar-refractivity contribution >= 4 is 94.2 Å². The average molecular weight is 971 g/mol. The number of benzene rings is 3. The molecule has 1 unspecified atom stereocenters. The molecule has 4 aromatic rings. The second-order valence-corrected chi connectivity index (χ2v) is 22.4. The van der Waals surface area contributed by atoms with Crippen molar-refractivity contribution in [3.05, 3.63) is 83.0 Å². The van der Waals surface area contributed by atoms with Crippen molar-refractivity contribution in [1.29, 1.82) is 0 Å². The summed E-state index contributed by atoms with van der Waals surface area (Å²) in [7, 11) is -0.921. The second kappa shape index (κ2) is 21.2. The Kier molecular flexibility index (Phi) is 15.2. The highest BCUT2D eigenvalue weighted by Gasteiger charge is 2.45. The van der Waals surface area contributed by atoms with E-state index in [-0.39, 0.29) is 18.7 Å². The predicted molar refractivity (Wildman–Crippen MR) is 262 cm³/mol. The van der Waals surface area contributed by atoms with Crippen molar-refractivity contribution in [1.82, 2.24) is 30.0 Å². The minimum absolute atomic E-state index is 0.0824.